The molecule has 0 aromatic carbocycles. The molecule has 0 bridgehead atoms. The number of rotatable bonds is 71. The van der Waals surface area contributed by atoms with E-state index in [1.165, 1.54) is 19.3 Å². The largest absolute Gasteiger partial charge is 0.379 e. The monoisotopic (exact) mass is 1450 g/mol. The Balaban J connectivity index is -0.000000272. The van der Waals surface area contributed by atoms with Crippen molar-refractivity contribution in [2.75, 3.05) is 224 Å². The number of hydrogen-bond acceptors (Lipinski definition) is 23. The van der Waals surface area contributed by atoms with Crippen LogP contribution in [0.5, 0.6) is 0 Å². The molecule has 0 radical (unpaired) electrons. The third kappa shape index (κ3) is 118. The average Bonchev–Trinajstić information content (AvgIpc) is 3.85. The van der Waals surface area contributed by atoms with Crippen LogP contribution in [-0.4, -0.2) is 253 Å². The minimum Gasteiger partial charge on any atom is -0.379 e. The molecule has 100 heavy (non-hydrogen) atoms. The highest BCUT2D eigenvalue weighted by Gasteiger charge is 2.04. The van der Waals surface area contributed by atoms with Gasteiger partial charge in [-0.2, -0.15) is 0 Å². The van der Waals surface area contributed by atoms with Crippen LogP contribution in [-0.2, 0) is 76.1 Å². The molecular weight excluding hydrogens is 1290 g/mol. The van der Waals surface area contributed by atoms with E-state index in [0.29, 0.717) is 197 Å². The van der Waals surface area contributed by atoms with Crippen LogP contribution in [0.3, 0.4) is 0 Å². The highest BCUT2D eigenvalue weighted by atomic mass is 16.6. The quantitative estimate of drug-likeness (QED) is 0.0144. The second-order valence-electron chi connectivity index (χ2n) is 22.6. The normalized spacial score (nSPS) is 10.4. The zero-order valence-corrected chi connectivity index (χ0v) is 63.8. The van der Waals surface area contributed by atoms with E-state index in [9.17, 15) is 24.0 Å². The molecule has 0 unspecified atom stereocenters. The summed E-state index contributed by atoms with van der Waals surface area (Å²) in [5.74, 6) is 0.173. The molecule has 0 saturated heterocycles. The topological polar surface area (TPSA) is 452 Å². The second kappa shape index (κ2) is 106. The molecule has 0 rings (SSSR count). The van der Waals surface area contributed by atoms with Crippen LogP contribution in [0.2, 0.25) is 0 Å². The fraction of sp³-hybridized carbons (Fsp3) is 0.929. The standard InChI is InChI=1S/2C17H36N2O5.C12H26N2O.C9H21NO3.C8H18N2O.C7H15N5O/c2*1-2-9-21-11-13-23-15-16-24-14-12-22-10-6-17(20)19-8-5-3-4-7-18;1-2-3-4-6-9-12(15)14-11-8-5-7-10-13;1-2-4-11-6-8-13-9-7-12-5-3-10;1-2-8(11)10-7-5-3-4-6-9;8-4-2-1-3-5-10-7(13)6-11-12-9/h2*2-16,18H2,1H3,(H,19,20);2-11,13H2,1H3,(H,14,15);2-10H2,1H3;2-7,9H2,1H3,(H,10,11);1-6,8H2,(H,10,13). The van der Waals surface area contributed by atoms with Gasteiger partial charge in [-0.25, -0.2) is 0 Å². The fourth-order valence-electron chi connectivity index (χ4n) is 7.54. The van der Waals surface area contributed by atoms with E-state index in [2.05, 4.69) is 64.3 Å². The van der Waals surface area contributed by atoms with Gasteiger partial charge in [0.2, 0.25) is 29.5 Å². The lowest BCUT2D eigenvalue weighted by Gasteiger charge is -2.07. The smallest absolute Gasteiger partial charge is 0.225 e. The average molecular weight is 1450 g/mol. The lowest BCUT2D eigenvalue weighted by molar-refractivity contribution is -0.123. The summed E-state index contributed by atoms with van der Waals surface area (Å²) in [6.45, 7) is 31.0. The van der Waals surface area contributed by atoms with E-state index in [1.807, 2.05) is 6.92 Å². The van der Waals surface area contributed by atoms with Gasteiger partial charge in [-0.15, -0.1) is 0 Å². The van der Waals surface area contributed by atoms with E-state index in [0.717, 1.165) is 168 Å². The van der Waals surface area contributed by atoms with Crippen molar-refractivity contribution < 1.29 is 76.1 Å². The molecule has 0 aromatic heterocycles. The molecule has 0 aliphatic rings. The highest BCUT2D eigenvalue weighted by Crippen LogP contribution is 2.03. The number of nitrogens with two attached hydrogens (primary N) is 6. The summed E-state index contributed by atoms with van der Waals surface area (Å²) in [6, 6.07) is 0. The summed E-state index contributed by atoms with van der Waals surface area (Å²) in [5.41, 5.74) is 40.0. The first-order valence-corrected chi connectivity index (χ1v) is 37.9. The Bertz CT molecular complexity index is 1580. The minimum atomic E-state index is -0.231. The predicted molar refractivity (Wildman–Crippen MR) is 401 cm³/mol. The lowest BCUT2D eigenvalue weighted by atomic mass is 10.1. The first-order chi connectivity index (χ1) is 49.0. The van der Waals surface area contributed by atoms with Crippen LogP contribution in [0, 0.1) is 0 Å². The number of hydrogen-bond donors (Lipinski definition) is 11. The van der Waals surface area contributed by atoms with Crippen molar-refractivity contribution in [3.05, 3.63) is 10.4 Å². The van der Waals surface area contributed by atoms with E-state index in [1.54, 1.807) is 0 Å². The summed E-state index contributed by atoms with van der Waals surface area (Å²) < 4.78 is 58.3. The molecule has 0 aromatic rings. The number of nitrogens with zero attached hydrogens (tertiary/aromatic N) is 3. The third-order valence-corrected chi connectivity index (χ3v) is 13.1. The zero-order valence-electron chi connectivity index (χ0n) is 63.8. The number of nitrogens with one attached hydrogen (secondary N) is 5. The first-order valence-electron chi connectivity index (χ1n) is 37.9. The maximum absolute atomic E-state index is 11.5. The zero-order chi connectivity index (χ0) is 75.0. The highest BCUT2D eigenvalue weighted by molar-refractivity contribution is 5.78. The molecule has 30 heteroatoms. The molecule has 5 amide bonds. The molecule has 0 spiro atoms. The van der Waals surface area contributed by atoms with Crippen molar-refractivity contribution >= 4 is 29.5 Å². The van der Waals surface area contributed by atoms with Crippen molar-refractivity contribution in [3.63, 3.8) is 0 Å². The van der Waals surface area contributed by atoms with Gasteiger partial charge in [-0.05, 0) is 128 Å². The van der Waals surface area contributed by atoms with Gasteiger partial charge < -0.3 is 113 Å². The molecule has 30 nitrogen and oxygen atoms in total. The van der Waals surface area contributed by atoms with Gasteiger partial charge in [0.25, 0.3) is 0 Å². The number of amides is 5. The number of unbranched alkanes of at least 4 members (excludes halogenated alkanes) is 13. The van der Waals surface area contributed by atoms with Gasteiger partial charge in [-0.1, -0.05) is 91.1 Å². The molecule has 17 N–H and O–H groups in total. The molecule has 598 valence electrons. The summed E-state index contributed by atoms with van der Waals surface area (Å²) in [6.07, 6.45) is 25.3. The molecular formula is C70H152N14O16. The van der Waals surface area contributed by atoms with Crippen molar-refractivity contribution in [1.29, 1.82) is 0 Å². The Kier molecular flexibility index (Phi) is 113. The lowest BCUT2D eigenvalue weighted by Crippen LogP contribution is -2.26. The number of carbonyl (C=O) groups is 5. The van der Waals surface area contributed by atoms with Crippen LogP contribution in [0.15, 0.2) is 5.11 Å². The molecule has 0 fully saturated rings. The van der Waals surface area contributed by atoms with Crippen molar-refractivity contribution in [2.45, 2.75) is 202 Å². The number of ether oxygens (including phenoxy) is 11. The van der Waals surface area contributed by atoms with E-state index < -0.39 is 0 Å². The molecule has 0 aliphatic carbocycles. The Hall–Kier alpha value is -4.02. The first kappa shape index (κ1) is 107. The van der Waals surface area contributed by atoms with Gasteiger partial charge in [0.05, 0.1) is 126 Å². The van der Waals surface area contributed by atoms with Crippen LogP contribution in [0.4, 0.5) is 0 Å². The van der Waals surface area contributed by atoms with E-state index >= 15 is 0 Å². The van der Waals surface area contributed by atoms with Gasteiger partial charge in [0, 0.05) is 89.7 Å². The molecule has 0 saturated carbocycles. The number of azide groups is 1. The van der Waals surface area contributed by atoms with Crippen LogP contribution >= 0.6 is 0 Å². The van der Waals surface area contributed by atoms with Gasteiger partial charge >= 0.3 is 0 Å². The van der Waals surface area contributed by atoms with Gasteiger partial charge in [-0.3, -0.25) is 24.0 Å². The molecule has 0 aliphatic heterocycles. The van der Waals surface area contributed by atoms with Crippen LogP contribution in [0.25, 0.3) is 10.4 Å². The summed E-state index contributed by atoms with van der Waals surface area (Å²) in [4.78, 5) is 58.3. The third-order valence-electron chi connectivity index (χ3n) is 13.1. The SMILES string of the molecule is CCC(=O)NCCCCCN.CCCCCCC(=O)NCCCCCN.CCCOCCOCCOCCN.CCCOCCOCCOCCOCCC(=O)NCCCCCN.CCCOCCOCCOCCOCCC(=O)NCCCCCN.[N-]=[N+]=NCC(=O)NCCCCCN. The van der Waals surface area contributed by atoms with Crippen molar-refractivity contribution in [2.24, 2.45) is 39.5 Å². The van der Waals surface area contributed by atoms with E-state index in [4.69, 9.17) is 92.0 Å². The summed E-state index contributed by atoms with van der Waals surface area (Å²) in [5, 5.41) is 17.3. The predicted octanol–water partition coefficient (Wildman–Crippen LogP) is 5.99. The van der Waals surface area contributed by atoms with Crippen molar-refractivity contribution in [1.82, 2.24) is 26.6 Å². The number of carbonyl (C=O) groups excluding carboxylic acids is 5. The van der Waals surface area contributed by atoms with Crippen LogP contribution < -0.4 is 61.0 Å². The Morgan fingerprint density at radius 2 is 0.520 bits per heavy atom. The minimum absolute atomic E-state index is 0.0300. The molecule has 0 atom stereocenters. The second-order valence-corrected chi connectivity index (χ2v) is 22.6. The van der Waals surface area contributed by atoms with Gasteiger partial charge in [0.15, 0.2) is 0 Å². The summed E-state index contributed by atoms with van der Waals surface area (Å²) in [7, 11) is 0. The fourth-order valence-corrected chi connectivity index (χ4v) is 7.54. The maximum Gasteiger partial charge on any atom is 0.225 e. The molecule has 0 heterocycles. The Morgan fingerprint density at radius 3 is 0.780 bits per heavy atom. The Morgan fingerprint density at radius 1 is 0.270 bits per heavy atom. The summed E-state index contributed by atoms with van der Waals surface area (Å²) >= 11 is 0. The van der Waals surface area contributed by atoms with E-state index in [-0.39, 0.29) is 36.1 Å². The van der Waals surface area contributed by atoms with Crippen LogP contribution in [0.1, 0.15) is 202 Å². The van der Waals surface area contributed by atoms with Gasteiger partial charge in [0.1, 0.15) is 6.54 Å². The Labute approximate surface area is 605 Å². The van der Waals surface area contributed by atoms with Crippen molar-refractivity contribution in [3.8, 4) is 0 Å². The maximum atomic E-state index is 11.5.